The van der Waals surface area contributed by atoms with Gasteiger partial charge in [0.05, 0.1) is 19.8 Å². The maximum absolute atomic E-state index is 6.34. The van der Waals surface area contributed by atoms with Crippen molar-refractivity contribution in [2.75, 3.05) is 14.2 Å². The molecule has 0 saturated heterocycles. The molecular weight excluding hydrogens is 306 g/mol. The van der Waals surface area contributed by atoms with Gasteiger partial charge in [-0.1, -0.05) is 18.0 Å². The molecular formula is C15H20ClN3O3. The zero-order valence-electron chi connectivity index (χ0n) is 12.7. The first-order valence-corrected chi connectivity index (χ1v) is 7.02. The summed E-state index contributed by atoms with van der Waals surface area (Å²) in [6.07, 6.45) is 4.02. The van der Waals surface area contributed by atoms with E-state index in [2.05, 4.69) is 10.1 Å². The first-order valence-electron chi connectivity index (χ1n) is 7.02. The average molecular weight is 326 g/mol. The van der Waals surface area contributed by atoms with E-state index >= 15 is 0 Å². The van der Waals surface area contributed by atoms with Gasteiger partial charge in [0.15, 0.2) is 17.3 Å². The van der Waals surface area contributed by atoms with Crippen LogP contribution in [0.25, 0.3) is 11.5 Å². The third-order valence-electron chi connectivity index (χ3n) is 4.00. The van der Waals surface area contributed by atoms with E-state index in [1.165, 1.54) is 0 Å². The van der Waals surface area contributed by atoms with Crippen LogP contribution in [0.2, 0.25) is 0 Å². The molecule has 22 heavy (non-hydrogen) atoms. The van der Waals surface area contributed by atoms with Gasteiger partial charge in [0.25, 0.3) is 5.89 Å². The minimum absolute atomic E-state index is 0. The second kappa shape index (κ2) is 6.54. The molecule has 1 aromatic carbocycles. The van der Waals surface area contributed by atoms with Gasteiger partial charge >= 0.3 is 0 Å². The van der Waals surface area contributed by atoms with Crippen molar-refractivity contribution >= 4 is 12.4 Å². The molecule has 7 heteroatoms. The van der Waals surface area contributed by atoms with E-state index in [0.717, 1.165) is 31.2 Å². The molecule has 0 bridgehead atoms. The summed E-state index contributed by atoms with van der Waals surface area (Å²) in [6, 6.07) is 5.48. The number of nitrogens with zero attached hydrogens (tertiary/aromatic N) is 2. The maximum Gasteiger partial charge on any atom is 0.258 e. The van der Waals surface area contributed by atoms with Crippen molar-refractivity contribution < 1.29 is 14.0 Å². The van der Waals surface area contributed by atoms with E-state index in [9.17, 15) is 0 Å². The van der Waals surface area contributed by atoms with E-state index in [1.807, 2.05) is 18.2 Å². The van der Waals surface area contributed by atoms with Crippen molar-refractivity contribution in [1.29, 1.82) is 0 Å². The molecule has 0 amide bonds. The number of halogens is 1. The number of methoxy groups -OCH3 is 2. The molecule has 6 nitrogen and oxygen atoms in total. The minimum Gasteiger partial charge on any atom is -0.493 e. The molecule has 1 aliphatic rings. The molecule has 0 atom stereocenters. The number of aromatic nitrogens is 2. The average Bonchev–Trinajstić information content (AvgIpc) is 3.16. The molecule has 1 aliphatic carbocycles. The fourth-order valence-corrected chi connectivity index (χ4v) is 2.74. The summed E-state index contributed by atoms with van der Waals surface area (Å²) >= 11 is 0. The third kappa shape index (κ3) is 2.89. The van der Waals surface area contributed by atoms with E-state index in [4.69, 9.17) is 19.7 Å². The molecule has 1 aromatic heterocycles. The Morgan fingerprint density at radius 2 is 1.82 bits per heavy atom. The second-order valence-electron chi connectivity index (χ2n) is 5.36. The maximum atomic E-state index is 6.34. The number of hydrogen-bond acceptors (Lipinski definition) is 6. The van der Waals surface area contributed by atoms with E-state index in [1.54, 1.807) is 14.2 Å². The predicted molar refractivity (Wildman–Crippen MR) is 84.4 cm³/mol. The summed E-state index contributed by atoms with van der Waals surface area (Å²) in [5.41, 5.74) is 6.68. The molecule has 0 aliphatic heterocycles. The Morgan fingerprint density at radius 1 is 1.14 bits per heavy atom. The zero-order valence-corrected chi connectivity index (χ0v) is 13.5. The first kappa shape index (κ1) is 16.6. The Morgan fingerprint density at radius 3 is 2.45 bits per heavy atom. The Balaban J connectivity index is 0.00000176. The molecule has 2 aromatic rings. The Bertz CT molecular complexity index is 639. The van der Waals surface area contributed by atoms with Crippen LogP contribution in [0.15, 0.2) is 22.7 Å². The summed E-state index contributed by atoms with van der Waals surface area (Å²) in [5.74, 6) is 2.32. The standard InChI is InChI=1S/C15H19N3O3.ClH/c1-19-11-6-5-10(9-12(11)20-2)13-17-14(18-21-13)15(16)7-3-4-8-15;/h5-6,9H,3-4,7-8,16H2,1-2H3;1H. The molecule has 1 heterocycles. The molecule has 0 unspecified atom stereocenters. The number of rotatable bonds is 4. The highest BCUT2D eigenvalue weighted by molar-refractivity contribution is 5.85. The topological polar surface area (TPSA) is 83.4 Å². The third-order valence-corrected chi connectivity index (χ3v) is 4.00. The Labute approximate surface area is 135 Å². The molecule has 2 N–H and O–H groups in total. The Kier molecular flexibility index (Phi) is 4.93. The number of benzene rings is 1. The molecule has 120 valence electrons. The normalized spacial score (nSPS) is 16.1. The van der Waals surface area contributed by atoms with Crippen LogP contribution in [-0.4, -0.2) is 24.4 Å². The number of nitrogens with two attached hydrogens (primary N) is 1. The minimum atomic E-state index is -0.446. The van der Waals surface area contributed by atoms with Gasteiger partial charge in [-0.05, 0) is 31.0 Å². The van der Waals surface area contributed by atoms with Gasteiger partial charge in [0.1, 0.15) is 0 Å². The van der Waals surface area contributed by atoms with Crippen LogP contribution in [0.5, 0.6) is 11.5 Å². The summed E-state index contributed by atoms with van der Waals surface area (Å²) < 4.78 is 15.9. The first-order chi connectivity index (χ1) is 10.2. The van der Waals surface area contributed by atoms with E-state index < -0.39 is 5.54 Å². The molecule has 3 rings (SSSR count). The molecule has 1 fully saturated rings. The van der Waals surface area contributed by atoms with E-state index in [0.29, 0.717) is 23.2 Å². The van der Waals surface area contributed by atoms with Crippen LogP contribution in [0.4, 0.5) is 0 Å². The second-order valence-corrected chi connectivity index (χ2v) is 5.36. The van der Waals surface area contributed by atoms with Crippen LogP contribution in [0, 0.1) is 0 Å². The van der Waals surface area contributed by atoms with Gasteiger partial charge in [-0.2, -0.15) is 4.98 Å². The summed E-state index contributed by atoms with van der Waals surface area (Å²) in [4.78, 5) is 4.47. The largest absolute Gasteiger partial charge is 0.493 e. The lowest BCUT2D eigenvalue weighted by Gasteiger charge is -2.17. The lowest BCUT2D eigenvalue weighted by Crippen LogP contribution is -2.34. The van der Waals surface area contributed by atoms with Gasteiger partial charge in [-0.15, -0.1) is 12.4 Å². The molecule has 1 saturated carbocycles. The van der Waals surface area contributed by atoms with Gasteiger partial charge in [-0.3, -0.25) is 0 Å². The smallest absolute Gasteiger partial charge is 0.258 e. The van der Waals surface area contributed by atoms with Gasteiger partial charge in [-0.25, -0.2) is 0 Å². The quantitative estimate of drug-likeness (QED) is 0.930. The van der Waals surface area contributed by atoms with Gasteiger partial charge in [0, 0.05) is 5.56 Å². The van der Waals surface area contributed by atoms with Gasteiger partial charge in [0.2, 0.25) is 0 Å². The summed E-state index contributed by atoms with van der Waals surface area (Å²) in [5, 5.41) is 4.06. The van der Waals surface area contributed by atoms with Crippen molar-refractivity contribution in [3.63, 3.8) is 0 Å². The highest BCUT2D eigenvalue weighted by Gasteiger charge is 2.36. The van der Waals surface area contributed by atoms with Crippen LogP contribution in [0.1, 0.15) is 31.5 Å². The van der Waals surface area contributed by atoms with Crippen molar-refractivity contribution in [1.82, 2.24) is 10.1 Å². The lowest BCUT2D eigenvalue weighted by atomic mass is 9.99. The Hall–Kier alpha value is -1.79. The van der Waals surface area contributed by atoms with Crippen LogP contribution in [0.3, 0.4) is 0 Å². The summed E-state index contributed by atoms with van der Waals surface area (Å²) in [6.45, 7) is 0. The van der Waals surface area contributed by atoms with Crippen LogP contribution in [-0.2, 0) is 5.54 Å². The highest BCUT2D eigenvalue weighted by atomic mass is 35.5. The molecule has 0 spiro atoms. The lowest BCUT2D eigenvalue weighted by molar-refractivity contribution is 0.354. The predicted octanol–water partition coefficient (Wildman–Crippen LogP) is 2.90. The number of hydrogen-bond donors (Lipinski definition) is 1. The fraction of sp³-hybridized carbons (Fsp3) is 0.467. The SMILES string of the molecule is COc1ccc(-c2nc(C3(N)CCCC3)no2)cc1OC.Cl. The van der Waals surface area contributed by atoms with E-state index in [-0.39, 0.29) is 12.4 Å². The van der Waals surface area contributed by atoms with Crippen LogP contribution >= 0.6 is 12.4 Å². The summed E-state index contributed by atoms with van der Waals surface area (Å²) in [7, 11) is 3.19. The zero-order chi connectivity index (χ0) is 14.9. The van der Waals surface area contributed by atoms with Crippen LogP contribution < -0.4 is 15.2 Å². The van der Waals surface area contributed by atoms with Crippen molar-refractivity contribution in [3.8, 4) is 23.0 Å². The van der Waals surface area contributed by atoms with Gasteiger partial charge < -0.3 is 19.7 Å². The fourth-order valence-electron chi connectivity index (χ4n) is 2.74. The van der Waals surface area contributed by atoms with Crippen molar-refractivity contribution in [3.05, 3.63) is 24.0 Å². The van der Waals surface area contributed by atoms with Crippen molar-refractivity contribution in [2.45, 2.75) is 31.2 Å². The number of ether oxygens (including phenoxy) is 2. The highest BCUT2D eigenvalue weighted by Crippen LogP contribution is 2.36. The van der Waals surface area contributed by atoms with Crippen molar-refractivity contribution in [2.24, 2.45) is 5.73 Å². The molecule has 0 radical (unpaired) electrons. The monoisotopic (exact) mass is 325 g/mol.